The van der Waals surface area contributed by atoms with E-state index in [1.54, 1.807) is 26.4 Å². The highest BCUT2D eigenvalue weighted by Gasteiger charge is 2.22. The number of aryl methyl sites for hydroxylation is 2. The maximum Gasteiger partial charge on any atom is 0.148 e. The number of rotatable bonds is 6. The Kier molecular flexibility index (Phi) is 6.14. The molecule has 146 valence electrons. The van der Waals surface area contributed by atoms with E-state index in [-0.39, 0.29) is 5.78 Å². The van der Waals surface area contributed by atoms with Crippen LogP contribution in [0.4, 0.5) is 17.1 Å². The maximum atomic E-state index is 11.5. The summed E-state index contributed by atoms with van der Waals surface area (Å²) in [4.78, 5) is 17.9. The van der Waals surface area contributed by atoms with Crippen LogP contribution < -0.4 is 16.0 Å². The Morgan fingerprint density at radius 3 is 2.82 bits per heavy atom. The molecule has 1 aliphatic heterocycles. The SMILES string of the molecule is CN=CC(=CN)c1ccc2c(c1)CCCN2c1cccc(C)c1NCC(C)=O. The Bertz CT molecular complexity index is 930. The molecule has 5 heteroatoms. The molecule has 0 saturated heterocycles. The van der Waals surface area contributed by atoms with E-state index in [4.69, 9.17) is 5.73 Å². The van der Waals surface area contributed by atoms with Crippen LogP contribution in [0.25, 0.3) is 5.57 Å². The second-order valence-corrected chi connectivity index (χ2v) is 7.13. The van der Waals surface area contributed by atoms with Crippen molar-refractivity contribution >= 4 is 34.6 Å². The molecular weight excluding hydrogens is 348 g/mol. The van der Waals surface area contributed by atoms with Crippen molar-refractivity contribution in [2.45, 2.75) is 26.7 Å². The summed E-state index contributed by atoms with van der Waals surface area (Å²) in [7, 11) is 1.75. The van der Waals surface area contributed by atoms with Gasteiger partial charge < -0.3 is 16.0 Å². The van der Waals surface area contributed by atoms with Crippen molar-refractivity contribution in [1.82, 2.24) is 0 Å². The summed E-state index contributed by atoms with van der Waals surface area (Å²) in [6.45, 7) is 4.95. The van der Waals surface area contributed by atoms with Crippen LogP contribution in [0.1, 0.15) is 30.0 Å². The molecule has 0 unspecified atom stereocenters. The number of carbonyl (C=O) groups is 1. The van der Waals surface area contributed by atoms with Crippen molar-refractivity contribution in [3.05, 3.63) is 59.3 Å². The molecule has 3 rings (SSSR count). The minimum atomic E-state index is 0.122. The van der Waals surface area contributed by atoms with E-state index in [1.165, 1.54) is 11.3 Å². The fourth-order valence-corrected chi connectivity index (χ4v) is 3.70. The number of carbonyl (C=O) groups excluding carboxylic acids is 1. The first-order valence-electron chi connectivity index (χ1n) is 9.63. The van der Waals surface area contributed by atoms with Gasteiger partial charge in [0.25, 0.3) is 0 Å². The lowest BCUT2D eigenvalue weighted by atomic mass is 9.95. The minimum Gasteiger partial charge on any atom is -0.404 e. The van der Waals surface area contributed by atoms with Crippen LogP contribution in [-0.2, 0) is 11.2 Å². The molecule has 0 atom stereocenters. The van der Waals surface area contributed by atoms with E-state index in [9.17, 15) is 4.79 Å². The molecule has 0 fully saturated rings. The maximum absolute atomic E-state index is 11.5. The number of nitrogens with one attached hydrogen (secondary N) is 1. The van der Waals surface area contributed by atoms with Crippen LogP contribution >= 0.6 is 0 Å². The zero-order chi connectivity index (χ0) is 20.1. The molecule has 0 radical (unpaired) electrons. The van der Waals surface area contributed by atoms with Gasteiger partial charge in [0.05, 0.1) is 17.9 Å². The Morgan fingerprint density at radius 2 is 2.11 bits per heavy atom. The summed E-state index contributed by atoms with van der Waals surface area (Å²) in [6.07, 6.45) is 5.48. The van der Waals surface area contributed by atoms with Crippen LogP contribution in [0.5, 0.6) is 0 Å². The lowest BCUT2D eigenvalue weighted by molar-refractivity contribution is -0.115. The molecule has 3 N–H and O–H groups in total. The van der Waals surface area contributed by atoms with E-state index in [0.717, 1.165) is 47.5 Å². The number of fused-ring (bicyclic) bond motifs is 1. The van der Waals surface area contributed by atoms with Gasteiger partial charge in [0.2, 0.25) is 0 Å². The third-order valence-electron chi connectivity index (χ3n) is 5.03. The van der Waals surface area contributed by atoms with Crippen LogP contribution in [0, 0.1) is 6.92 Å². The van der Waals surface area contributed by atoms with Gasteiger partial charge >= 0.3 is 0 Å². The highest BCUT2D eigenvalue weighted by atomic mass is 16.1. The number of nitrogens with zero attached hydrogens (tertiary/aromatic N) is 2. The van der Waals surface area contributed by atoms with Crippen LogP contribution in [0.3, 0.4) is 0 Å². The number of ketones is 1. The third kappa shape index (κ3) is 4.09. The van der Waals surface area contributed by atoms with Crippen molar-refractivity contribution in [3.8, 4) is 0 Å². The minimum absolute atomic E-state index is 0.122. The molecule has 5 nitrogen and oxygen atoms in total. The van der Waals surface area contributed by atoms with E-state index < -0.39 is 0 Å². The van der Waals surface area contributed by atoms with Crippen molar-refractivity contribution in [1.29, 1.82) is 0 Å². The van der Waals surface area contributed by atoms with Gasteiger partial charge in [0.1, 0.15) is 5.78 Å². The summed E-state index contributed by atoms with van der Waals surface area (Å²) in [5.41, 5.74) is 13.5. The molecule has 1 aliphatic rings. The van der Waals surface area contributed by atoms with Crippen LogP contribution in [-0.4, -0.2) is 32.1 Å². The van der Waals surface area contributed by atoms with Gasteiger partial charge in [-0.25, -0.2) is 0 Å². The molecule has 0 amide bonds. The van der Waals surface area contributed by atoms with Gasteiger partial charge in [0.15, 0.2) is 0 Å². The summed E-state index contributed by atoms with van der Waals surface area (Å²) in [6, 6.07) is 12.7. The van der Waals surface area contributed by atoms with Crippen molar-refractivity contribution < 1.29 is 4.79 Å². The quantitative estimate of drug-likeness (QED) is 0.745. The van der Waals surface area contributed by atoms with Gasteiger partial charge in [-0.05, 0) is 61.6 Å². The van der Waals surface area contributed by atoms with Crippen molar-refractivity contribution in [2.75, 3.05) is 30.4 Å². The summed E-state index contributed by atoms with van der Waals surface area (Å²) >= 11 is 0. The van der Waals surface area contributed by atoms with Crippen molar-refractivity contribution in [2.24, 2.45) is 10.7 Å². The molecule has 2 aromatic carbocycles. The lowest BCUT2D eigenvalue weighted by Crippen LogP contribution is -2.26. The Balaban J connectivity index is 2.01. The largest absolute Gasteiger partial charge is 0.404 e. The van der Waals surface area contributed by atoms with Gasteiger partial charge in [-0.15, -0.1) is 0 Å². The summed E-state index contributed by atoms with van der Waals surface area (Å²) in [5, 5.41) is 3.33. The standard InChI is InChI=1S/C23H28N4O/c1-16-6-4-8-22(23(16)26-14-17(2)28)27-11-5-7-19-12-18(9-10-21(19)27)20(13-24)15-25-3/h4,6,8-10,12-13,15,26H,5,7,11,14,24H2,1-3H3. The molecule has 0 spiro atoms. The van der Waals surface area contributed by atoms with E-state index in [1.807, 2.05) is 0 Å². The zero-order valence-corrected chi connectivity index (χ0v) is 16.8. The number of para-hydroxylation sites is 1. The second kappa shape index (κ2) is 8.74. The highest BCUT2D eigenvalue weighted by Crippen LogP contribution is 2.39. The number of benzene rings is 2. The first-order valence-corrected chi connectivity index (χ1v) is 9.63. The number of Topliss-reactive ketones (excluding diaryl/α,β-unsaturated/α-hetero) is 1. The fraction of sp³-hybridized carbons (Fsp3) is 0.304. The third-order valence-corrected chi connectivity index (χ3v) is 5.03. The predicted molar refractivity (Wildman–Crippen MR) is 119 cm³/mol. The molecular formula is C23H28N4O. The molecule has 28 heavy (non-hydrogen) atoms. The number of anilines is 3. The Hall–Kier alpha value is -3.08. The molecule has 0 saturated carbocycles. The van der Waals surface area contributed by atoms with Gasteiger partial charge in [-0.3, -0.25) is 9.79 Å². The van der Waals surface area contributed by atoms with Crippen LogP contribution in [0.2, 0.25) is 0 Å². The van der Waals surface area contributed by atoms with Crippen molar-refractivity contribution in [3.63, 3.8) is 0 Å². The van der Waals surface area contributed by atoms with Gasteiger partial charge in [-0.2, -0.15) is 0 Å². The molecule has 0 aromatic heterocycles. The van der Waals surface area contributed by atoms with Crippen LogP contribution in [0.15, 0.2) is 47.6 Å². The second-order valence-electron chi connectivity index (χ2n) is 7.13. The zero-order valence-electron chi connectivity index (χ0n) is 16.8. The molecule has 0 aliphatic carbocycles. The van der Waals surface area contributed by atoms with E-state index in [2.05, 4.69) is 58.5 Å². The van der Waals surface area contributed by atoms with Gasteiger partial charge in [-0.1, -0.05) is 18.2 Å². The monoisotopic (exact) mass is 376 g/mol. The number of hydrogen-bond acceptors (Lipinski definition) is 5. The summed E-state index contributed by atoms with van der Waals surface area (Å²) in [5.74, 6) is 0.122. The average Bonchev–Trinajstić information content (AvgIpc) is 2.70. The number of allylic oxidation sites excluding steroid dienone is 1. The first-order chi connectivity index (χ1) is 13.5. The highest BCUT2D eigenvalue weighted by molar-refractivity contribution is 6.09. The molecule has 2 aromatic rings. The Labute approximate surface area is 167 Å². The molecule has 0 bridgehead atoms. The number of hydrogen-bond donors (Lipinski definition) is 2. The smallest absolute Gasteiger partial charge is 0.148 e. The predicted octanol–water partition coefficient (Wildman–Crippen LogP) is 4.08. The normalized spacial score (nSPS) is 14.2. The Morgan fingerprint density at radius 1 is 1.29 bits per heavy atom. The number of nitrogens with two attached hydrogens (primary N) is 1. The number of aliphatic imine (C=N–C) groups is 1. The summed E-state index contributed by atoms with van der Waals surface area (Å²) < 4.78 is 0. The van der Waals surface area contributed by atoms with E-state index in [0.29, 0.717) is 6.54 Å². The topological polar surface area (TPSA) is 70.7 Å². The van der Waals surface area contributed by atoms with E-state index >= 15 is 0 Å². The van der Waals surface area contributed by atoms with Gasteiger partial charge in [0, 0.05) is 37.3 Å². The average molecular weight is 377 g/mol. The lowest BCUT2D eigenvalue weighted by Gasteiger charge is -2.33. The molecule has 1 heterocycles. The fourth-order valence-electron chi connectivity index (χ4n) is 3.70. The first kappa shape index (κ1) is 19.7.